The van der Waals surface area contributed by atoms with E-state index in [9.17, 15) is 0 Å². The summed E-state index contributed by atoms with van der Waals surface area (Å²) >= 11 is 0. The van der Waals surface area contributed by atoms with Crippen molar-refractivity contribution in [2.75, 3.05) is 6.61 Å². The number of benzene rings is 2. The summed E-state index contributed by atoms with van der Waals surface area (Å²) in [6.07, 6.45) is 2.66. The number of ether oxygens (including phenoxy) is 1. The summed E-state index contributed by atoms with van der Waals surface area (Å²) in [7, 11) is 0. The molecule has 0 saturated heterocycles. The van der Waals surface area contributed by atoms with E-state index in [4.69, 9.17) is 4.74 Å². The van der Waals surface area contributed by atoms with Gasteiger partial charge in [-0.25, -0.2) is 0 Å². The number of hydrogen-bond donors (Lipinski definition) is 0. The third kappa shape index (κ3) is 3.66. The fourth-order valence-corrected chi connectivity index (χ4v) is 2.40. The van der Waals surface area contributed by atoms with Crippen molar-refractivity contribution >= 4 is 0 Å². The highest BCUT2D eigenvalue weighted by Gasteiger charge is 2.21. The summed E-state index contributed by atoms with van der Waals surface area (Å²) in [5, 5.41) is 0. The Kier molecular flexibility index (Phi) is 3.75. The molecule has 1 fully saturated rings. The molecule has 3 rings (SSSR count). The lowest BCUT2D eigenvalue weighted by Gasteiger charge is -2.19. The minimum atomic E-state index is 0.207. The largest absolute Gasteiger partial charge is 0.493 e. The van der Waals surface area contributed by atoms with Crippen LogP contribution < -0.4 is 4.74 Å². The van der Waals surface area contributed by atoms with Crippen molar-refractivity contribution in [2.24, 2.45) is 5.92 Å². The lowest BCUT2D eigenvalue weighted by molar-refractivity contribution is 0.300. The Bertz CT molecular complexity index is 583. The van der Waals surface area contributed by atoms with Crippen LogP contribution in [0.4, 0.5) is 0 Å². The lowest BCUT2D eigenvalue weighted by atomic mass is 9.86. The predicted molar refractivity (Wildman–Crippen MR) is 88.8 cm³/mol. The molecule has 0 amide bonds. The van der Waals surface area contributed by atoms with Gasteiger partial charge in [-0.2, -0.15) is 0 Å². The van der Waals surface area contributed by atoms with Gasteiger partial charge in [-0.05, 0) is 53.0 Å². The van der Waals surface area contributed by atoms with Crippen LogP contribution >= 0.6 is 0 Å². The molecule has 1 aliphatic rings. The summed E-state index contributed by atoms with van der Waals surface area (Å²) in [5.74, 6) is 1.78. The molecule has 0 aromatic heterocycles. The van der Waals surface area contributed by atoms with Gasteiger partial charge in [0, 0.05) is 0 Å². The summed E-state index contributed by atoms with van der Waals surface area (Å²) < 4.78 is 5.78. The van der Waals surface area contributed by atoms with E-state index in [1.807, 2.05) is 0 Å². The fraction of sp³-hybridized carbons (Fsp3) is 0.400. The average Bonchev–Trinajstić information content (AvgIpc) is 3.29. The van der Waals surface area contributed by atoms with E-state index in [-0.39, 0.29) is 5.41 Å². The Labute approximate surface area is 128 Å². The molecule has 21 heavy (non-hydrogen) atoms. The normalized spacial score (nSPS) is 15.0. The Morgan fingerprint density at radius 3 is 1.86 bits per heavy atom. The molecule has 2 aromatic carbocycles. The minimum absolute atomic E-state index is 0.207. The first kappa shape index (κ1) is 14.2. The quantitative estimate of drug-likeness (QED) is 0.724. The Morgan fingerprint density at radius 2 is 1.38 bits per heavy atom. The van der Waals surface area contributed by atoms with Crippen LogP contribution in [0.2, 0.25) is 0 Å². The van der Waals surface area contributed by atoms with E-state index in [2.05, 4.69) is 69.3 Å². The zero-order chi connectivity index (χ0) is 14.9. The van der Waals surface area contributed by atoms with Crippen molar-refractivity contribution in [3.8, 4) is 16.9 Å². The van der Waals surface area contributed by atoms with Crippen molar-refractivity contribution < 1.29 is 4.74 Å². The molecular weight excluding hydrogens is 256 g/mol. The molecule has 0 N–H and O–H groups in total. The van der Waals surface area contributed by atoms with E-state index in [1.54, 1.807) is 0 Å². The van der Waals surface area contributed by atoms with E-state index in [0.29, 0.717) is 0 Å². The van der Waals surface area contributed by atoms with Gasteiger partial charge in [-0.3, -0.25) is 0 Å². The Balaban J connectivity index is 1.70. The maximum atomic E-state index is 5.78. The van der Waals surface area contributed by atoms with Crippen molar-refractivity contribution in [3.05, 3.63) is 54.1 Å². The van der Waals surface area contributed by atoms with E-state index >= 15 is 0 Å². The van der Waals surface area contributed by atoms with Crippen molar-refractivity contribution in [3.63, 3.8) is 0 Å². The summed E-state index contributed by atoms with van der Waals surface area (Å²) in [6.45, 7) is 7.61. The van der Waals surface area contributed by atoms with Crippen LogP contribution in [0.1, 0.15) is 39.2 Å². The smallest absolute Gasteiger partial charge is 0.119 e. The first-order chi connectivity index (χ1) is 10.0. The van der Waals surface area contributed by atoms with Gasteiger partial charge >= 0.3 is 0 Å². The summed E-state index contributed by atoms with van der Waals surface area (Å²) in [6, 6.07) is 17.3. The van der Waals surface area contributed by atoms with Crippen LogP contribution in [0.15, 0.2) is 48.5 Å². The summed E-state index contributed by atoms with van der Waals surface area (Å²) in [5.41, 5.74) is 4.08. The lowest BCUT2D eigenvalue weighted by Crippen LogP contribution is -2.10. The van der Waals surface area contributed by atoms with E-state index < -0.39 is 0 Å². The van der Waals surface area contributed by atoms with Crippen LogP contribution in [0.25, 0.3) is 11.1 Å². The molecule has 2 aromatic rings. The molecule has 0 atom stereocenters. The zero-order valence-corrected chi connectivity index (χ0v) is 13.2. The minimum Gasteiger partial charge on any atom is -0.493 e. The second kappa shape index (κ2) is 5.55. The summed E-state index contributed by atoms with van der Waals surface area (Å²) in [4.78, 5) is 0. The molecular formula is C20H24O. The molecule has 0 heterocycles. The predicted octanol–water partition coefficient (Wildman–Crippen LogP) is 5.44. The first-order valence-electron chi connectivity index (χ1n) is 7.86. The van der Waals surface area contributed by atoms with Crippen LogP contribution in [0.5, 0.6) is 5.75 Å². The third-order valence-electron chi connectivity index (χ3n) is 4.12. The second-order valence-corrected chi connectivity index (χ2v) is 7.11. The van der Waals surface area contributed by atoms with Crippen molar-refractivity contribution in [1.82, 2.24) is 0 Å². The van der Waals surface area contributed by atoms with Crippen LogP contribution in [-0.4, -0.2) is 6.61 Å². The van der Waals surface area contributed by atoms with Crippen LogP contribution in [0, 0.1) is 5.92 Å². The van der Waals surface area contributed by atoms with Crippen LogP contribution in [-0.2, 0) is 5.41 Å². The van der Waals surface area contributed by atoms with Gasteiger partial charge in [0.2, 0.25) is 0 Å². The molecule has 1 heteroatoms. The third-order valence-corrected chi connectivity index (χ3v) is 4.12. The molecule has 0 unspecified atom stereocenters. The molecule has 110 valence electrons. The van der Waals surface area contributed by atoms with Gasteiger partial charge in [0.15, 0.2) is 0 Å². The Hall–Kier alpha value is -1.76. The van der Waals surface area contributed by atoms with Gasteiger partial charge < -0.3 is 4.74 Å². The van der Waals surface area contributed by atoms with Gasteiger partial charge in [-0.15, -0.1) is 0 Å². The number of rotatable bonds is 4. The maximum Gasteiger partial charge on any atom is 0.119 e. The molecule has 1 saturated carbocycles. The van der Waals surface area contributed by atoms with E-state index in [0.717, 1.165) is 18.3 Å². The molecule has 0 aliphatic heterocycles. The number of hydrogen-bond acceptors (Lipinski definition) is 1. The molecule has 1 nitrogen and oxygen atoms in total. The van der Waals surface area contributed by atoms with Gasteiger partial charge in [0.1, 0.15) is 5.75 Å². The Morgan fingerprint density at radius 1 is 0.857 bits per heavy atom. The van der Waals surface area contributed by atoms with Crippen molar-refractivity contribution in [2.45, 2.75) is 39.0 Å². The molecule has 0 spiro atoms. The first-order valence-corrected chi connectivity index (χ1v) is 7.86. The van der Waals surface area contributed by atoms with Gasteiger partial charge in [0.05, 0.1) is 6.61 Å². The topological polar surface area (TPSA) is 9.23 Å². The standard InChI is InChI=1S/C20H24O/c1-20(2,3)18-10-6-16(7-11-18)17-8-12-19(13-9-17)21-14-15-4-5-15/h6-13,15H,4-5,14H2,1-3H3. The van der Waals surface area contributed by atoms with Gasteiger partial charge in [-0.1, -0.05) is 57.2 Å². The highest BCUT2D eigenvalue weighted by molar-refractivity contribution is 5.64. The zero-order valence-electron chi connectivity index (χ0n) is 13.2. The second-order valence-electron chi connectivity index (χ2n) is 7.11. The fourth-order valence-electron chi connectivity index (χ4n) is 2.40. The molecule has 1 aliphatic carbocycles. The highest BCUT2D eigenvalue weighted by Crippen LogP contribution is 2.30. The molecule has 0 bridgehead atoms. The molecule has 0 radical (unpaired) electrons. The highest BCUT2D eigenvalue weighted by atomic mass is 16.5. The van der Waals surface area contributed by atoms with E-state index in [1.165, 1.54) is 29.5 Å². The average molecular weight is 280 g/mol. The SMILES string of the molecule is CC(C)(C)c1ccc(-c2ccc(OCC3CC3)cc2)cc1. The van der Waals surface area contributed by atoms with Crippen molar-refractivity contribution in [1.29, 1.82) is 0 Å². The maximum absolute atomic E-state index is 5.78. The van der Waals surface area contributed by atoms with Gasteiger partial charge in [0.25, 0.3) is 0 Å². The monoisotopic (exact) mass is 280 g/mol. The van der Waals surface area contributed by atoms with Crippen LogP contribution in [0.3, 0.4) is 0 Å².